The van der Waals surface area contributed by atoms with Gasteiger partial charge in [0.05, 0.1) is 38.3 Å². The number of rotatable bonds is 5. The van der Waals surface area contributed by atoms with E-state index in [1.165, 1.54) is 11.8 Å². The number of benzene rings is 2. The fourth-order valence-electron chi connectivity index (χ4n) is 3.41. The van der Waals surface area contributed by atoms with Crippen LogP contribution in [0.3, 0.4) is 0 Å². The van der Waals surface area contributed by atoms with Crippen LogP contribution in [0.4, 0.5) is 0 Å². The van der Waals surface area contributed by atoms with Crippen LogP contribution in [-0.2, 0) is 4.74 Å². The second-order valence-corrected chi connectivity index (χ2v) is 6.92. The summed E-state index contributed by atoms with van der Waals surface area (Å²) in [4.78, 5) is 25.8. The van der Waals surface area contributed by atoms with Crippen molar-refractivity contribution in [1.29, 1.82) is 0 Å². The molecule has 0 amide bonds. The first-order valence-corrected chi connectivity index (χ1v) is 9.49. The lowest BCUT2D eigenvalue weighted by molar-refractivity contribution is 0.0600. The van der Waals surface area contributed by atoms with Gasteiger partial charge in [-0.15, -0.1) is 0 Å². The summed E-state index contributed by atoms with van der Waals surface area (Å²) in [6.07, 6.45) is 3.24. The van der Waals surface area contributed by atoms with Crippen molar-refractivity contribution in [2.75, 3.05) is 21.3 Å². The minimum atomic E-state index is -0.592. The first-order chi connectivity index (χ1) is 15.0. The molecule has 0 unspecified atom stereocenters. The van der Waals surface area contributed by atoms with Gasteiger partial charge in [-0.2, -0.15) is 9.78 Å². The Balaban J connectivity index is 1.98. The lowest BCUT2D eigenvalue weighted by Crippen LogP contribution is -2.15. The molecule has 0 N–H and O–H groups in total. The van der Waals surface area contributed by atoms with Gasteiger partial charge in [0.1, 0.15) is 22.8 Å². The van der Waals surface area contributed by atoms with Crippen LogP contribution in [0.25, 0.3) is 22.6 Å². The number of pyridine rings is 1. The molecule has 0 saturated heterocycles. The number of hydrogen-bond acceptors (Lipinski definition) is 6. The summed E-state index contributed by atoms with van der Waals surface area (Å²) < 4.78 is 18.5. The third-order valence-corrected chi connectivity index (χ3v) is 5.00. The Bertz CT molecular complexity index is 1290. The number of nitrogens with zero attached hydrogens (tertiary/aromatic N) is 3. The van der Waals surface area contributed by atoms with E-state index in [4.69, 9.17) is 14.2 Å². The maximum atomic E-state index is 13.2. The van der Waals surface area contributed by atoms with E-state index in [2.05, 4.69) is 5.10 Å². The Hall–Kier alpha value is -4.07. The number of hydrogen-bond donors (Lipinski definition) is 0. The average Bonchev–Trinajstić information content (AvgIpc) is 3.14. The van der Waals surface area contributed by atoms with Crippen LogP contribution in [0.1, 0.15) is 15.9 Å². The Morgan fingerprint density at radius 1 is 0.968 bits per heavy atom. The molecule has 2 aliphatic heterocycles. The van der Waals surface area contributed by atoms with Crippen LogP contribution < -0.4 is 15.0 Å². The van der Waals surface area contributed by atoms with Crippen LogP contribution in [0.5, 0.6) is 11.5 Å². The molecule has 8 heteroatoms. The smallest absolute Gasteiger partial charge is 0.341 e. The van der Waals surface area contributed by atoms with Crippen LogP contribution in [0.2, 0.25) is 0 Å². The highest BCUT2D eigenvalue weighted by Crippen LogP contribution is 2.29. The molecule has 0 fully saturated rings. The number of esters is 1. The molecule has 0 spiro atoms. The number of aromatic nitrogens is 3. The number of carbonyl (C=O) groups is 1. The van der Waals surface area contributed by atoms with E-state index < -0.39 is 5.97 Å². The quantitative estimate of drug-likeness (QED) is 0.462. The van der Waals surface area contributed by atoms with E-state index in [9.17, 15) is 9.59 Å². The first-order valence-electron chi connectivity index (χ1n) is 9.49. The maximum absolute atomic E-state index is 13.2. The molecule has 2 heterocycles. The van der Waals surface area contributed by atoms with Crippen molar-refractivity contribution in [3.05, 3.63) is 76.3 Å². The molecule has 0 aliphatic carbocycles. The normalized spacial score (nSPS) is 10.8. The molecule has 2 aromatic carbocycles. The fraction of sp³-hybridized carbons (Fsp3) is 0.174. The first kappa shape index (κ1) is 20.2. The standard InChI is InChI=1S/C23H21N3O5/c1-14-5-10-20(30-3)19(11-14)25-12-17-21(18(13-25)23(28)31-4)24-26(22(17)27)15-6-8-16(29-2)9-7-15/h5-13H,1-4H3. The predicted octanol–water partition coefficient (Wildman–Crippen LogP) is 3.24. The molecule has 4 rings (SSSR count). The SMILES string of the molecule is COC(=O)c1cn(-c2cc(C)ccc2OC)cc2c(=O)n(-c3ccc(OC)cc3)nc1-2. The van der Waals surface area contributed by atoms with Gasteiger partial charge in [0.2, 0.25) is 0 Å². The topological polar surface area (TPSA) is 84.6 Å². The van der Waals surface area contributed by atoms with Gasteiger partial charge in [-0.25, -0.2) is 4.79 Å². The molecule has 0 saturated carbocycles. The minimum Gasteiger partial charge on any atom is -0.497 e. The van der Waals surface area contributed by atoms with Gasteiger partial charge in [-0.1, -0.05) is 6.07 Å². The highest BCUT2D eigenvalue weighted by Gasteiger charge is 2.25. The second kappa shape index (κ2) is 7.98. The van der Waals surface area contributed by atoms with E-state index in [0.29, 0.717) is 22.9 Å². The molecule has 2 aliphatic rings. The molecular formula is C23H21N3O5. The molecular weight excluding hydrogens is 398 g/mol. The van der Waals surface area contributed by atoms with Crippen molar-refractivity contribution in [2.45, 2.75) is 6.92 Å². The molecule has 2 aromatic rings. The van der Waals surface area contributed by atoms with Gasteiger partial charge in [0, 0.05) is 12.4 Å². The van der Waals surface area contributed by atoms with Crippen molar-refractivity contribution in [1.82, 2.24) is 14.3 Å². The third-order valence-electron chi connectivity index (χ3n) is 5.00. The van der Waals surface area contributed by atoms with E-state index in [0.717, 1.165) is 5.56 Å². The third kappa shape index (κ3) is 3.52. The van der Waals surface area contributed by atoms with Crippen molar-refractivity contribution in [2.24, 2.45) is 0 Å². The summed E-state index contributed by atoms with van der Waals surface area (Å²) in [5.41, 5.74) is 2.60. The Labute approximate surface area is 178 Å². The zero-order valence-electron chi connectivity index (χ0n) is 17.6. The Morgan fingerprint density at radius 3 is 2.35 bits per heavy atom. The molecule has 8 nitrogen and oxygen atoms in total. The maximum Gasteiger partial charge on any atom is 0.341 e. The van der Waals surface area contributed by atoms with Gasteiger partial charge in [0.15, 0.2) is 0 Å². The van der Waals surface area contributed by atoms with Gasteiger partial charge in [0.25, 0.3) is 5.56 Å². The summed E-state index contributed by atoms with van der Waals surface area (Å²) in [6, 6.07) is 12.6. The molecule has 0 atom stereocenters. The molecule has 31 heavy (non-hydrogen) atoms. The zero-order chi connectivity index (χ0) is 22.1. The van der Waals surface area contributed by atoms with Crippen LogP contribution in [0.15, 0.2) is 59.7 Å². The number of fused-ring (bicyclic) bond motifs is 1. The number of methoxy groups -OCH3 is 3. The van der Waals surface area contributed by atoms with E-state index in [-0.39, 0.29) is 22.4 Å². The van der Waals surface area contributed by atoms with E-state index in [1.807, 2.05) is 25.1 Å². The Morgan fingerprint density at radius 2 is 1.71 bits per heavy atom. The molecule has 0 radical (unpaired) electrons. The summed E-state index contributed by atoms with van der Waals surface area (Å²) in [5, 5.41) is 4.42. The Kier molecular flexibility index (Phi) is 5.21. The van der Waals surface area contributed by atoms with Crippen LogP contribution in [-0.4, -0.2) is 41.6 Å². The highest BCUT2D eigenvalue weighted by molar-refractivity contribution is 5.96. The summed E-state index contributed by atoms with van der Waals surface area (Å²) >= 11 is 0. The van der Waals surface area contributed by atoms with E-state index in [1.54, 1.807) is 55.4 Å². The van der Waals surface area contributed by atoms with Crippen molar-refractivity contribution >= 4 is 5.97 Å². The van der Waals surface area contributed by atoms with Crippen molar-refractivity contribution in [3.63, 3.8) is 0 Å². The van der Waals surface area contributed by atoms with Gasteiger partial charge in [-0.05, 0) is 48.9 Å². The average molecular weight is 419 g/mol. The van der Waals surface area contributed by atoms with Gasteiger partial charge in [-0.3, -0.25) is 4.79 Å². The van der Waals surface area contributed by atoms with Gasteiger partial charge >= 0.3 is 5.97 Å². The van der Waals surface area contributed by atoms with Crippen LogP contribution in [0, 0.1) is 6.92 Å². The summed E-state index contributed by atoms with van der Waals surface area (Å²) in [6.45, 7) is 1.95. The largest absolute Gasteiger partial charge is 0.497 e. The monoisotopic (exact) mass is 419 g/mol. The summed E-state index contributed by atoms with van der Waals surface area (Å²) in [7, 11) is 4.42. The van der Waals surface area contributed by atoms with Crippen LogP contribution >= 0.6 is 0 Å². The minimum absolute atomic E-state index is 0.174. The van der Waals surface area contributed by atoms with Crippen molar-refractivity contribution in [3.8, 4) is 34.1 Å². The molecule has 0 bridgehead atoms. The highest BCUT2D eigenvalue weighted by atomic mass is 16.5. The van der Waals surface area contributed by atoms with Gasteiger partial charge < -0.3 is 18.8 Å². The van der Waals surface area contributed by atoms with Crippen molar-refractivity contribution < 1.29 is 19.0 Å². The number of ether oxygens (including phenoxy) is 3. The zero-order valence-corrected chi connectivity index (χ0v) is 17.6. The predicted molar refractivity (Wildman–Crippen MR) is 115 cm³/mol. The molecule has 0 aromatic heterocycles. The summed E-state index contributed by atoms with van der Waals surface area (Å²) in [5.74, 6) is 0.665. The fourth-order valence-corrected chi connectivity index (χ4v) is 3.41. The lowest BCUT2D eigenvalue weighted by Gasteiger charge is -2.15. The second-order valence-electron chi connectivity index (χ2n) is 6.92. The molecule has 158 valence electrons. The number of aryl methyl sites for hydroxylation is 1. The number of carbonyl (C=O) groups excluding carboxylic acids is 1. The lowest BCUT2D eigenvalue weighted by atomic mass is 10.1. The van der Waals surface area contributed by atoms with E-state index >= 15 is 0 Å².